The van der Waals surface area contributed by atoms with Crippen molar-refractivity contribution in [3.05, 3.63) is 78.4 Å². The summed E-state index contributed by atoms with van der Waals surface area (Å²) < 4.78 is 5.37. The summed E-state index contributed by atoms with van der Waals surface area (Å²) in [4.78, 5) is 0. The number of benzene rings is 3. The van der Waals surface area contributed by atoms with E-state index in [1.807, 2.05) is 66.7 Å². The van der Waals surface area contributed by atoms with Crippen LogP contribution < -0.4 is 10.1 Å². The monoisotopic (exact) mass is 319 g/mol. The molecule has 0 saturated heterocycles. The smallest absolute Gasteiger partial charge is 0.146 e. The maximum atomic E-state index is 10.6. The van der Waals surface area contributed by atoms with Gasteiger partial charge in [-0.2, -0.15) is 0 Å². The third kappa shape index (κ3) is 3.51. The maximum absolute atomic E-state index is 10.6. The van der Waals surface area contributed by atoms with Crippen LogP contribution in [-0.2, 0) is 6.42 Å². The lowest BCUT2D eigenvalue weighted by Crippen LogP contribution is -2.06. The van der Waals surface area contributed by atoms with Gasteiger partial charge in [0.25, 0.3) is 0 Å². The van der Waals surface area contributed by atoms with Gasteiger partial charge in [-0.3, -0.25) is 0 Å². The third-order valence-electron chi connectivity index (χ3n) is 4.02. The molecule has 3 heteroatoms. The first kappa shape index (κ1) is 15.9. The summed E-state index contributed by atoms with van der Waals surface area (Å²) in [6.45, 7) is 0.714. The van der Waals surface area contributed by atoms with Gasteiger partial charge in [0.15, 0.2) is 0 Å². The first-order valence-electron chi connectivity index (χ1n) is 8.03. The zero-order valence-corrected chi connectivity index (χ0v) is 13.7. The van der Waals surface area contributed by atoms with Gasteiger partial charge >= 0.3 is 0 Å². The van der Waals surface area contributed by atoms with Gasteiger partial charge in [-0.25, -0.2) is 0 Å². The van der Waals surface area contributed by atoms with Crippen molar-refractivity contribution < 1.29 is 9.84 Å². The molecule has 0 bridgehead atoms. The molecule has 0 amide bonds. The molecule has 0 aliphatic heterocycles. The van der Waals surface area contributed by atoms with Crippen molar-refractivity contribution >= 4 is 5.69 Å². The van der Waals surface area contributed by atoms with Crippen LogP contribution in [0.25, 0.3) is 11.1 Å². The van der Waals surface area contributed by atoms with Crippen LogP contribution in [0.3, 0.4) is 0 Å². The standard InChI is InChI=1S/C21H21NO2/c1-24-20-13-6-5-10-17(20)14-15-22-19-12-7-11-18(21(19)23)16-8-3-2-4-9-16/h2-13,22-23H,14-15H2,1H3. The first-order chi connectivity index (χ1) is 11.8. The number of ether oxygens (including phenoxy) is 1. The molecule has 2 N–H and O–H groups in total. The normalized spacial score (nSPS) is 10.4. The lowest BCUT2D eigenvalue weighted by atomic mass is 10.0. The lowest BCUT2D eigenvalue weighted by Gasteiger charge is -2.13. The average Bonchev–Trinajstić information content (AvgIpc) is 2.64. The molecule has 0 fully saturated rings. The summed E-state index contributed by atoms with van der Waals surface area (Å²) >= 11 is 0. The molecule has 0 atom stereocenters. The van der Waals surface area contributed by atoms with Crippen LogP contribution in [0.4, 0.5) is 5.69 Å². The highest BCUT2D eigenvalue weighted by Gasteiger charge is 2.09. The molecule has 3 aromatic carbocycles. The van der Waals surface area contributed by atoms with Gasteiger partial charge < -0.3 is 15.2 Å². The van der Waals surface area contributed by atoms with Crippen molar-refractivity contribution in [2.45, 2.75) is 6.42 Å². The van der Waals surface area contributed by atoms with E-state index in [4.69, 9.17) is 4.74 Å². The van der Waals surface area contributed by atoms with E-state index in [0.717, 1.165) is 34.5 Å². The lowest BCUT2D eigenvalue weighted by molar-refractivity contribution is 0.410. The van der Waals surface area contributed by atoms with Crippen molar-refractivity contribution in [3.8, 4) is 22.6 Å². The quantitative estimate of drug-likeness (QED) is 0.646. The molecular formula is C21H21NO2. The first-order valence-corrected chi connectivity index (χ1v) is 8.03. The van der Waals surface area contributed by atoms with Gasteiger partial charge in [0.2, 0.25) is 0 Å². The summed E-state index contributed by atoms with van der Waals surface area (Å²) in [5, 5.41) is 13.9. The van der Waals surface area contributed by atoms with Gasteiger partial charge in [0.1, 0.15) is 11.5 Å². The Kier molecular flexibility index (Phi) is 5.02. The number of hydrogen-bond donors (Lipinski definition) is 2. The van der Waals surface area contributed by atoms with E-state index in [1.165, 1.54) is 0 Å². The van der Waals surface area contributed by atoms with E-state index in [1.54, 1.807) is 7.11 Å². The number of nitrogens with one attached hydrogen (secondary N) is 1. The van der Waals surface area contributed by atoms with Crippen LogP contribution in [0.5, 0.6) is 11.5 Å². The zero-order valence-electron chi connectivity index (χ0n) is 13.7. The van der Waals surface area contributed by atoms with E-state index < -0.39 is 0 Å². The zero-order chi connectivity index (χ0) is 16.8. The summed E-state index contributed by atoms with van der Waals surface area (Å²) in [6, 6.07) is 23.7. The molecule has 0 unspecified atom stereocenters. The number of aromatic hydroxyl groups is 1. The number of hydrogen-bond acceptors (Lipinski definition) is 3. The molecular weight excluding hydrogens is 298 g/mol. The highest BCUT2D eigenvalue weighted by Crippen LogP contribution is 2.35. The van der Waals surface area contributed by atoms with E-state index in [9.17, 15) is 5.11 Å². The molecule has 122 valence electrons. The summed E-state index contributed by atoms with van der Waals surface area (Å²) in [7, 11) is 1.68. The Balaban J connectivity index is 1.72. The van der Waals surface area contributed by atoms with Gasteiger partial charge in [-0.15, -0.1) is 0 Å². The molecule has 0 aliphatic rings. The Hall–Kier alpha value is -2.94. The van der Waals surface area contributed by atoms with Crippen molar-refractivity contribution in [2.24, 2.45) is 0 Å². The third-order valence-corrected chi connectivity index (χ3v) is 4.02. The van der Waals surface area contributed by atoms with Crippen LogP contribution in [0.15, 0.2) is 72.8 Å². The molecule has 0 aromatic heterocycles. The number of rotatable bonds is 6. The maximum Gasteiger partial charge on any atom is 0.146 e. The molecule has 3 rings (SSSR count). The minimum Gasteiger partial charge on any atom is -0.505 e. The van der Waals surface area contributed by atoms with Gasteiger partial charge in [-0.1, -0.05) is 60.7 Å². The Morgan fingerprint density at radius 2 is 1.62 bits per heavy atom. The SMILES string of the molecule is COc1ccccc1CCNc1cccc(-c2ccccc2)c1O. The van der Waals surface area contributed by atoms with Crippen LogP contribution in [0.2, 0.25) is 0 Å². The van der Waals surface area contributed by atoms with E-state index in [0.29, 0.717) is 6.54 Å². The molecule has 24 heavy (non-hydrogen) atoms. The van der Waals surface area contributed by atoms with Gasteiger partial charge in [-0.05, 0) is 29.7 Å². The Morgan fingerprint density at radius 1 is 0.875 bits per heavy atom. The van der Waals surface area contributed by atoms with E-state index in [-0.39, 0.29) is 5.75 Å². The van der Waals surface area contributed by atoms with Crippen molar-refractivity contribution in [1.29, 1.82) is 0 Å². The van der Waals surface area contributed by atoms with Crippen molar-refractivity contribution in [1.82, 2.24) is 0 Å². The largest absolute Gasteiger partial charge is 0.505 e. The number of phenols is 1. The van der Waals surface area contributed by atoms with Crippen LogP contribution in [0.1, 0.15) is 5.56 Å². The number of anilines is 1. The Morgan fingerprint density at radius 3 is 2.42 bits per heavy atom. The van der Waals surface area contributed by atoms with Crippen LogP contribution in [0, 0.1) is 0 Å². The predicted octanol–water partition coefficient (Wildman–Crippen LogP) is 4.72. The van der Waals surface area contributed by atoms with Gasteiger partial charge in [0.05, 0.1) is 12.8 Å². The summed E-state index contributed by atoms with van der Waals surface area (Å²) in [5.74, 6) is 1.17. The molecule has 0 aliphatic carbocycles. The topological polar surface area (TPSA) is 41.5 Å². The fourth-order valence-electron chi connectivity index (χ4n) is 2.78. The second-order valence-corrected chi connectivity index (χ2v) is 5.56. The molecule has 0 spiro atoms. The van der Waals surface area contributed by atoms with Crippen molar-refractivity contribution in [2.75, 3.05) is 19.0 Å². The average molecular weight is 319 g/mol. The second kappa shape index (κ2) is 7.55. The Labute approximate surface area is 142 Å². The van der Waals surface area contributed by atoms with E-state index in [2.05, 4.69) is 11.4 Å². The number of methoxy groups -OCH3 is 1. The van der Waals surface area contributed by atoms with E-state index >= 15 is 0 Å². The van der Waals surface area contributed by atoms with Gasteiger partial charge in [0, 0.05) is 12.1 Å². The molecule has 3 nitrogen and oxygen atoms in total. The number of para-hydroxylation sites is 2. The fraction of sp³-hybridized carbons (Fsp3) is 0.143. The van der Waals surface area contributed by atoms with Crippen LogP contribution >= 0.6 is 0 Å². The predicted molar refractivity (Wildman–Crippen MR) is 98.7 cm³/mol. The van der Waals surface area contributed by atoms with Crippen LogP contribution in [-0.4, -0.2) is 18.8 Å². The fourth-order valence-corrected chi connectivity index (χ4v) is 2.78. The van der Waals surface area contributed by atoms with Crippen molar-refractivity contribution in [3.63, 3.8) is 0 Å². The molecule has 3 aromatic rings. The summed E-state index contributed by atoms with van der Waals surface area (Å²) in [5.41, 5.74) is 3.72. The molecule has 0 radical (unpaired) electrons. The number of phenolic OH excluding ortho intramolecular Hbond substituents is 1. The minimum absolute atomic E-state index is 0.281. The molecule has 0 heterocycles. The minimum atomic E-state index is 0.281. The Bertz CT molecular complexity index is 800. The highest BCUT2D eigenvalue weighted by atomic mass is 16.5. The second-order valence-electron chi connectivity index (χ2n) is 5.56. The molecule has 0 saturated carbocycles. The highest BCUT2D eigenvalue weighted by molar-refractivity contribution is 5.77. The summed E-state index contributed by atoms with van der Waals surface area (Å²) in [6.07, 6.45) is 0.818.